The van der Waals surface area contributed by atoms with E-state index in [1.165, 1.54) is 6.92 Å². The molecule has 0 aliphatic rings. The molecule has 8 heteroatoms. The fraction of sp³-hybridized carbons (Fsp3) is 0.111. The van der Waals surface area contributed by atoms with Crippen LogP contribution >= 0.6 is 0 Å². The number of nitro benzene ring substituents is 1. The lowest BCUT2D eigenvalue weighted by atomic mass is 10.1. The third-order valence-electron chi connectivity index (χ3n) is 2.43. The molecule has 3 N–H and O–H groups in total. The van der Waals surface area contributed by atoms with E-state index in [9.17, 15) is 19.3 Å². The van der Waals surface area contributed by atoms with E-state index in [1.807, 2.05) is 0 Å². The maximum absolute atomic E-state index is 13.0. The van der Waals surface area contributed by atoms with Crippen LogP contribution in [0.3, 0.4) is 0 Å². The maximum atomic E-state index is 13.0. The number of H-pyrrole nitrogens is 1. The summed E-state index contributed by atoms with van der Waals surface area (Å²) >= 11 is 0. The molecule has 1 aromatic carbocycles. The number of aromatic nitrogens is 2. The van der Waals surface area contributed by atoms with Gasteiger partial charge < -0.3 is 10.7 Å². The molecule has 88 valence electrons. The van der Waals surface area contributed by atoms with Crippen LogP contribution < -0.4 is 5.73 Å². The van der Waals surface area contributed by atoms with Crippen LogP contribution in [0.15, 0.2) is 6.07 Å². The zero-order chi connectivity index (χ0) is 12.7. The second-order valence-corrected chi connectivity index (χ2v) is 3.44. The minimum Gasteiger partial charge on any atom is -0.366 e. The van der Waals surface area contributed by atoms with Crippen molar-refractivity contribution >= 4 is 22.6 Å². The average Bonchev–Trinajstić information content (AvgIpc) is 2.59. The van der Waals surface area contributed by atoms with Crippen LogP contribution in [-0.2, 0) is 0 Å². The molecule has 2 aromatic rings. The van der Waals surface area contributed by atoms with Crippen molar-refractivity contribution < 1.29 is 14.1 Å². The first-order chi connectivity index (χ1) is 7.91. The van der Waals surface area contributed by atoms with E-state index in [2.05, 4.69) is 9.97 Å². The number of nitrogens with two attached hydrogens (primary N) is 1. The predicted molar refractivity (Wildman–Crippen MR) is 56.0 cm³/mol. The van der Waals surface area contributed by atoms with Crippen molar-refractivity contribution in [3.8, 4) is 0 Å². The van der Waals surface area contributed by atoms with Gasteiger partial charge in [-0.3, -0.25) is 14.9 Å². The Morgan fingerprint density at radius 1 is 1.65 bits per heavy atom. The van der Waals surface area contributed by atoms with Crippen LogP contribution in [0.2, 0.25) is 0 Å². The smallest absolute Gasteiger partial charge is 0.287 e. The number of aromatic amines is 1. The number of nitrogens with one attached hydrogen (secondary N) is 1. The first-order valence-corrected chi connectivity index (χ1v) is 4.55. The van der Waals surface area contributed by atoms with Gasteiger partial charge in [0.25, 0.3) is 17.7 Å². The second-order valence-electron chi connectivity index (χ2n) is 3.44. The Kier molecular flexibility index (Phi) is 2.27. The molecule has 17 heavy (non-hydrogen) atoms. The van der Waals surface area contributed by atoms with Gasteiger partial charge in [-0.25, -0.2) is 4.98 Å². The molecule has 1 heterocycles. The number of hydrogen-bond donors (Lipinski definition) is 2. The van der Waals surface area contributed by atoms with Crippen molar-refractivity contribution in [1.29, 1.82) is 0 Å². The van der Waals surface area contributed by atoms with Crippen molar-refractivity contribution in [2.75, 3.05) is 0 Å². The Morgan fingerprint density at radius 2 is 2.29 bits per heavy atom. The van der Waals surface area contributed by atoms with Gasteiger partial charge in [-0.1, -0.05) is 0 Å². The Morgan fingerprint density at radius 3 is 2.82 bits per heavy atom. The Labute approximate surface area is 93.6 Å². The highest BCUT2D eigenvalue weighted by molar-refractivity contribution is 6.06. The third kappa shape index (κ3) is 1.59. The number of primary amides is 1. The maximum Gasteiger partial charge on any atom is 0.287 e. The molecule has 0 unspecified atom stereocenters. The number of benzene rings is 1. The topological polar surface area (TPSA) is 115 Å². The molecule has 1 amide bonds. The summed E-state index contributed by atoms with van der Waals surface area (Å²) in [4.78, 5) is 26.9. The van der Waals surface area contributed by atoms with Gasteiger partial charge in [0.05, 0.1) is 21.6 Å². The van der Waals surface area contributed by atoms with Gasteiger partial charge in [-0.05, 0) is 6.92 Å². The Bertz CT molecular complexity index is 649. The van der Waals surface area contributed by atoms with Gasteiger partial charge >= 0.3 is 0 Å². The number of rotatable bonds is 2. The molecule has 0 atom stereocenters. The molecule has 0 saturated heterocycles. The van der Waals surface area contributed by atoms with Gasteiger partial charge in [0.2, 0.25) is 0 Å². The van der Waals surface area contributed by atoms with Crippen LogP contribution in [0.4, 0.5) is 10.1 Å². The Hall–Kier alpha value is -2.51. The quantitative estimate of drug-likeness (QED) is 0.600. The van der Waals surface area contributed by atoms with Crippen LogP contribution in [0.5, 0.6) is 0 Å². The average molecular weight is 238 g/mol. The highest BCUT2D eigenvalue weighted by Crippen LogP contribution is 2.28. The number of halogens is 1. The van der Waals surface area contributed by atoms with Crippen LogP contribution in [0, 0.1) is 23.1 Å². The van der Waals surface area contributed by atoms with E-state index >= 15 is 0 Å². The number of carbonyl (C=O) groups is 1. The lowest BCUT2D eigenvalue weighted by Crippen LogP contribution is -2.12. The summed E-state index contributed by atoms with van der Waals surface area (Å²) in [6.07, 6.45) is -0.925. The van der Waals surface area contributed by atoms with Gasteiger partial charge in [0, 0.05) is 6.07 Å². The number of imidazole rings is 1. The molecule has 2 rings (SSSR count). The van der Waals surface area contributed by atoms with E-state index in [4.69, 9.17) is 5.73 Å². The zero-order valence-electron chi connectivity index (χ0n) is 8.65. The number of amides is 1. The first-order valence-electron chi connectivity index (χ1n) is 4.55. The third-order valence-corrected chi connectivity index (χ3v) is 2.43. The molecular weight excluding hydrogens is 231 g/mol. The SMILES string of the molecule is Cc1c([N+](=O)[O-])cc(C(N)=O)c2[nH]c(F)nc12. The first kappa shape index (κ1) is 11.0. The number of fused-ring (bicyclic) bond motifs is 1. The standard InChI is InChI=1S/C9H7FN4O3/c1-3-5(14(16)17)2-4(8(11)15)7-6(3)12-9(10)13-7/h2H,1H3,(H2,11,15)(H,12,13). The molecule has 0 aliphatic carbocycles. The summed E-state index contributed by atoms with van der Waals surface area (Å²) in [5, 5.41) is 10.8. The van der Waals surface area contributed by atoms with E-state index in [1.54, 1.807) is 0 Å². The minimum absolute atomic E-state index is 0.0329. The minimum atomic E-state index is -0.925. The van der Waals surface area contributed by atoms with Crippen molar-refractivity contribution in [1.82, 2.24) is 9.97 Å². The number of carbonyl (C=O) groups excluding carboxylic acids is 1. The van der Waals surface area contributed by atoms with Crippen LogP contribution in [0.25, 0.3) is 11.0 Å². The number of nitrogens with zero attached hydrogens (tertiary/aromatic N) is 2. The monoisotopic (exact) mass is 238 g/mol. The summed E-state index contributed by atoms with van der Waals surface area (Å²) in [5.41, 5.74) is 4.87. The number of aryl methyl sites for hydroxylation is 1. The lowest BCUT2D eigenvalue weighted by Gasteiger charge is -2.01. The fourth-order valence-corrected chi connectivity index (χ4v) is 1.63. The fourth-order valence-electron chi connectivity index (χ4n) is 1.63. The molecular formula is C9H7FN4O3. The second kappa shape index (κ2) is 3.51. The summed E-state index contributed by atoms with van der Waals surface area (Å²) in [6, 6.07) is 1.01. The van der Waals surface area contributed by atoms with Gasteiger partial charge in [-0.15, -0.1) is 0 Å². The van der Waals surface area contributed by atoms with Crippen molar-refractivity contribution in [3.63, 3.8) is 0 Å². The van der Waals surface area contributed by atoms with E-state index in [-0.39, 0.29) is 27.8 Å². The zero-order valence-corrected chi connectivity index (χ0v) is 8.65. The normalized spacial score (nSPS) is 10.7. The molecule has 0 radical (unpaired) electrons. The molecule has 0 bridgehead atoms. The Balaban J connectivity index is 2.94. The van der Waals surface area contributed by atoms with Crippen LogP contribution in [0.1, 0.15) is 15.9 Å². The lowest BCUT2D eigenvalue weighted by molar-refractivity contribution is -0.385. The molecule has 0 fully saturated rings. The summed E-state index contributed by atoms with van der Waals surface area (Å²) < 4.78 is 13.0. The van der Waals surface area contributed by atoms with Gasteiger partial charge in [0.1, 0.15) is 5.52 Å². The van der Waals surface area contributed by atoms with E-state index < -0.39 is 16.9 Å². The van der Waals surface area contributed by atoms with Gasteiger partial charge in [-0.2, -0.15) is 4.39 Å². The summed E-state index contributed by atoms with van der Waals surface area (Å²) in [7, 11) is 0. The summed E-state index contributed by atoms with van der Waals surface area (Å²) in [6.45, 7) is 1.42. The van der Waals surface area contributed by atoms with Crippen molar-refractivity contribution in [3.05, 3.63) is 33.4 Å². The van der Waals surface area contributed by atoms with Crippen molar-refractivity contribution in [2.24, 2.45) is 5.73 Å². The largest absolute Gasteiger partial charge is 0.366 e. The molecule has 1 aromatic heterocycles. The molecule has 0 spiro atoms. The number of hydrogen-bond acceptors (Lipinski definition) is 4. The summed E-state index contributed by atoms with van der Waals surface area (Å²) in [5.74, 6) is -0.887. The van der Waals surface area contributed by atoms with E-state index in [0.717, 1.165) is 6.07 Å². The van der Waals surface area contributed by atoms with Crippen molar-refractivity contribution in [2.45, 2.75) is 6.92 Å². The van der Waals surface area contributed by atoms with E-state index in [0.29, 0.717) is 0 Å². The highest BCUT2D eigenvalue weighted by Gasteiger charge is 2.22. The molecule has 0 aliphatic heterocycles. The number of nitro groups is 1. The predicted octanol–water partition coefficient (Wildman–Crippen LogP) is 1.02. The van der Waals surface area contributed by atoms with Crippen LogP contribution in [-0.4, -0.2) is 20.8 Å². The molecule has 0 saturated carbocycles. The van der Waals surface area contributed by atoms with Gasteiger partial charge in [0.15, 0.2) is 0 Å². The molecule has 7 nitrogen and oxygen atoms in total. The highest BCUT2D eigenvalue weighted by atomic mass is 19.1.